The predicted molar refractivity (Wildman–Crippen MR) is 51.0 cm³/mol. The highest BCUT2D eigenvalue weighted by atomic mass is 15.1. The Morgan fingerprint density at radius 1 is 1.25 bits per heavy atom. The largest absolute Gasteiger partial charge is 0.327 e. The second-order valence-corrected chi connectivity index (χ2v) is 4.66. The summed E-state index contributed by atoms with van der Waals surface area (Å²) in [6.07, 6.45) is 6.70. The fraction of sp³-hybridized carbons (Fsp3) is 1.00. The zero-order valence-electron chi connectivity index (χ0n) is 8.05. The molecule has 1 saturated carbocycles. The first-order valence-electron chi connectivity index (χ1n) is 5.17. The quantitative estimate of drug-likeness (QED) is 0.589. The maximum absolute atomic E-state index is 6.17. The van der Waals surface area contributed by atoms with Gasteiger partial charge in [0.2, 0.25) is 0 Å². The van der Waals surface area contributed by atoms with Crippen LogP contribution < -0.4 is 5.73 Å². The molecular formula is C10H20N2. The summed E-state index contributed by atoms with van der Waals surface area (Å²) < 4.78 is 0. The molecule has 0 aromatic carbocycles. The second-order valence-electron chi connectivity index (χ2n) is 4.66. The average molecular weight is 168 g/mol. The standard InChI is InChI=1S/C10H20N2/c1-12-7-5-10(6-8-12)4-2-3-9(10)11/h9H,2-8,11H2,1H3/t9-/m0/s1. The normalized spacial score (nSPS) is 36.0. The Morgan fingerprint density at radius 3 is 2.42 bits per heavy atom. The minimum atomic E-state index is 0.506. The minimum absolute atomic E-state index is 0.506. The first kappa shape index (κ1) is 8.52. The molecule has 1 spiro atoms. The van der Waals surface area contributed by atoms with E-state index in [1.807, 2.05) is 0 Å². The minimum Gasteiger partial charge on any atom is -0.327 e. The number of likely N-dealkylation sites (tertiary alicyclic amines) is 1. The molecule has 0 unspecified atom stereocenters. The predicted octanol–water partition coefficient (Wildman–Crippen LogP) is 1.21. The van der Waals surface area contributed by atoms with Gasteiger partial charge in [0.25, 0.3) is 0 Å². The van der Waals surface area contributed by atoms with Crippen LogP contribution in [0.3, 0.4) is 0 Å². The molecule has 0 bridgehead atoms. The Morgan fingerprint density at radius 2 is 1.92 bits per heavy atom. The lowest BCUT2D eigenvalue weighted by Gasteiger charge is -2.40. The van der Waals surface area contributed by atoms with Crippen molar-refractivity contribution in [2.24, 2.45) is 11.1 Å². The zero-order valence-corrected chi connectivity index (χ0v) is 8.05. The van der Waals surface area contributed by atoms with E-state index in [9.17, 15) is 0 Å². The summed E-state index contributed by atoms with van der Waals surface area (Å²) in [5.41, 5.74) is 6.72. The van der Waals surface area contributed by atoms with Crippen LogP contribution in [-0.2, 0) is 0 Å². The van der Waals surface area contributed by atoms with Crippen molar-refractivity contribution in [3.63, 3.8) is 0 Å². The van der Waals surface area contributed by atoms with Gasteiger partial charge in [-0.05, 0) is 51.2 Å². The lowest BCUT2D eigenvalue weighted by molar-refractivity contribution is 0.112. The van der Waals surface area contributed by atoms with Crippen LogP contribution in [0, 0.1) is 5.41 Å². The molecule has 1 atom stereocenters. The molecule has 2 heteroatoms. The van der Waals surface area contributed by atoms with E-state index >= 15 is 0 Å². The summed E-state index contributed by atoms with van der Waals surface area (Å²) in [7, 11) is 2.22. The summed E-state index contributed by atoms with van der Waals surface area (Å²) in [6.45, 7) is 2.52. The van der Waals surface area contributed by atoms with E-state index in [1.165, 1.54) is 45.2 Å². The fourth-order valence-electron chi connectivity index (χ4n) is 2.85. The first-order valence-corrected chi connectivity index (χ1v) is 5.17. The van der Waals surface area contributed by atoms with Crippen LogP contribution >= 0.6 is 0 Å². The van der Waals surface area contributed by atoms with E-state index in [1.54, 1.807) is 0 Å². The third kappa shape index (κ3) is 1.27. The van der Waals surface area contributed by atoms with Gasteiger partial charge in [0, 0.05) is 6.04 Å². The van der Waals surface area contributed by atoms with E-state index in [-0.39, 0.29) is 0 Å². The summed E-state index contributed by atoms with van der Waals surface area (Å²) in [6, 6.07) is 0.506. The average Bonchev–Trinajstić information content (AvgIpc) is 2.41. The van der Waals surface area contributed by atoms with Gasteiger partial charge in [-0.15, -0.1) is 0 Å². The van der Waals surface area contributed by atoms with E-state index < -0.39 is 0 Å². The van der Waals surface area contributed by atoms with Crippen molar-refractivity contribution >= 4 is 0 Å². The van der Waals surface area contributed by atoms with Crippen molar-refractivity contribution in [2.75, 3.05) is 20.1 Å². The number of nitrogens with zero attached hydrogens (tertiary/aromatic N) is 1. The molecule has 1 saturated heterocycles. The van der Waals surface area contributed by atoms with Gasteiger partial charge in [-0.2, -0.15) is 0 Å². The van der Waals surface area contributed by atoms with Crippen molar-refractivity contribution in [1.82, 2.24) is 4.90 Å². The van der Waals surface area contributed by atoms with Crippen LogP contribution in [0.25, 0.3) is 0 Å². The molecule has 1 heterocycles. The van der Waals surface area contributed by atoms with Gasteiger partial charge in [0.05, 0.1) is 0 Å². The monoisotopic (exact) mass is 168 g/mol. The molecule has 0 aromatic heterocycles. The van der Waals surface area contributed by atoms with E-state index in [0.29, 0.717) is 11.5 Å². The number of rotatable bonds is 0. The molecule has 1 aliphatic heterocycles. The van der Waals surface area contributed by atoms with Crippen LogP contribution in [-0.4, -0.2) is 31.1 Å². The van der Waals surface area contributed by atoms with Gasteiger partial charge < -0.3 is 10.6 Å². The number of piperidine rings is 1. The summed E-state index contributed by atoms with van der Waals surface area (Å²) in [5, 5.41) is 0. The third-order valence-electron chi connectivity index (χ3n) is 3.96. The molecule has 2 aliphatic rings. The van der Waals surface area contributed by atoms with Crippen LogP contribution in [0.1, 0.15) is 32.1 Å². The molecule has 0 aromatic rings. The number of nitrogens with two attached hydrogens (primary N) is 1. The molecule has 2 nitrogen and oxygen atoms in total. The Labute approximate surface area is 75.1 Å². The van der Waals surface area contributed by atoms with Crippen LogP contribution in [0.5, 0.6) is 0 Å². The van der Waals surface area contributed by atoms with E-state index in [4.69, 9.17) is 5.73 Å². The Bertz CT molecular complexity index is 159. The van der Waals surface area contributed by atoms with Crippen LogP contribution in [0.2, 0.25) is 0 Å². The molecule has 1 aliphatic carbocycles. The van der Waals surface area contributed by atoms with Crippen molar-refractivity contribution in [1.29, 1.82) is 0 Å². The third-order valence-corrected chi connectivity index (χ3v) is 3.96. The topological polar surface area (TPSA) is 29.3 Å². The molecule has 2 N–H and O–H groups in total. The highest BCUT2D eigenvalue weighted by Crippen LogP contribution is 2.44. The van der Waals surface area contributed by atoms with Crippen molar-refractivity contribution < 1.29 is 0 Å². The Hall–Kier alpha value is -0.0800. The molecule has 0 amide bonds. The maximum atomic E-state index is 6.17. The maximum Gasteiger partial charge on any atom is 0.00965 e. The smallest absolute Gasteiger partial charge is 0.00965 e. The van der Waals surface area contributed by atoms with Gasteiger partial charge in [0.15, 0.2) is 0 Å². The van der Waals surface area contributed by atoms with Gasteiger partial charge in [-0.25, -0.2) is 0 Å². The van der Waals surface area contributed by atoms with Gasteiger partial charge in [-0.1, -0.05) is 6.42 Å². The molecule has 70 valence electrons. The molecule has 2 rings (SSSR count). The lowest BCUT2D eigenvalue weighted by atomic mass is 9.74. The van der Waals surface area contributed by atoms with Gasteiger partial charge >= 0.3 is 0 Å². The van der Waals surface area contributed by atoms with E-state index in [2.05, 4.69) is 11.9 Å². The molecule has 12 heavy (non-hydrogen) atoms. The fourth-order valence-corrected chi connectivity index (χ4v) is 2.85. The lowest BCUT2D eigenvalue weighted by Crippen LogP contribution is -2.45. The van der Waals surface area contributed by atoms with E-state index in [0.717, 1.165) is 0 Å². The van der Waals surface area contributed by atoms with Crippen LogP contribution in [0.15, 0.2) is 0 Å². The number of hydrogen-bond donors (Lipinski definition) is 1. The van der Waals surface area contributed by atoms with Gasteiger partial charge in [0.1, 0.15) is 0 Å². The van der Waals surface area contributed by atoms with Crippen molar-refractivity contribution in [2.45, 2.75) is 38.1 Å². The molecule has 2 fully saturated rings. The first-order chi connectivity index (χ1) is 5.73. The number of hydrogen-bond acceptors (Lipinski definition) is 2. The second kappa shape index (κ2) is 3.00. The molecular weight excluding hydrogens is 148 g/mol. The van der Waals surface area contributed by atoms with Crippen LogP contribution in [0.4, 0.5) is 0 Å². The summed E-state index contributed by atoms with van der Waals surface area (Å²) in [5.74, 6) is 0. The zero-order chi connectivity index (χ0) is 8.60. The highest BCUT2D eigenvalue weighted by Gasteiger charge is 2.41. The van der Waals surface area contributed by atoms with Gasteiger partial charge in [-0.3, -0.25) is 0 Å². The SMILES string of the molecule is CN1CCC2(CCC[C@@H]2N)CC1. The summed E-state index contributed by atoms with van der Waals surface area (Å²) in [4.78, 5) is 2.43. The molecule has 0 radical (unpaired) electrons. The summed E-state index contributed by atoms with van der Waals surface area (Å²) >= 11 is 0. The van der Waals surface area contributed by atoms with Crippen molar-refractivity contribution in [3.05, 3.63) is 0 Å². The Balaban J connectivity index is 2.02. The highest BCUT2D eigenvalue weighted by molar-refractivity contribution is 4.97. The van der Waals surface area contributed by atoms with Crippen molar-refractivity contribution in [3.8, 4) is 0 Å². The Kier molecular flexibility index (Phi) is 2.13.